The zero-order valence-electron chi connectivity index (χ0n) is 7.46. The highest BCUT2D eigenvalue weighted by molar-refractivity contribution is 7.80. The molecule has 80 valence electrons. The molecule has 14 heavy (non-hydrogen) atoms. The van der Waals surface area contributed by atoms with Gasteiger partial charge in [0.2, 0.25) is 0 Å². The fourth-order valence-corrected chi connectivity index (χ4v) is 1.25. The molecule has 1 aromatic rings. The smallest absolute Gasteiger partial charge is 0.272 e. The zero-order valence-corrected chi connectivity index (χ0v) is 8.35. The molecule has 0 atom stereocenters. The van der Waals surface area contributed by atoms with Crippen molar-refractivity contribution < 1.29 is 13.2 Å². The number of thiol groups is 1. The highest BCUT2D eigenvalue weighted by atomic mass is 32.1. The van der Waals surface area contributed by atoms with Gasteiger partial charge >= 0.3 is 6.18 Å². The normalized spacial score (nSPS) is 12.0. The van der Waals surface area contributed by atoms with Gasteiger partial charge in [-0.2, -0.15) is 30.9 Å². The second kappa shape index (κ2) is 4.72. The third kappa shape index (κ3) is 3.25. The Morgan fingerprint density at radius 3 is 2.57 bits per heavy atom. The minimum absolute atomic E-state index is 0.511. The van der Waals surface area contributed by atoms with Gasteiger partial charge in [0.1, 0.15) is 0 Å². The Morgan fingerprint density at radius 1 is 1.36 bits per heavy atom. The number of unbranched alkanes of at least 4 members (excludes halogenated alkanes) is 1. The zero-order chi connectivity index (χ0) is 10.6. The Labute approximate surface area is 85.5 Å². The quantitative estimate of drug-likeness (QED) is 0.615. The van der Waals surface area contributed by atoms with Crippen molar-refractivity contribution in [1.29, 1.82) is 0 Å². The number of alkyl halides is 3. The summed E-state index contributed by atoms with van der Waals surface area (Å²) in [6.07, 6.45) is -1.32. The first kappa shape index (κ1) is 11.4. The van der Waals surface area contributed by atoms with Crippen LogP contribution in [0.3, 0.4) is 0 Å². The molecule has 0 aromatic carbocycles. The lowest BCUT2D eigenvalue weighted by atomic mass is 10.3. The Balaban J connectivity index is 2.51. The van der Waals surface area contributed by atoms with Crippen molar-refractivity contribution in [1.82, 2.24) is 9.78 Å². The minimum Gasteiger partial charge on any atom is -0.272 e. The molecule has 1 rings (SSSR count). The van der Waals surface area contributed by atoms with Crippen LogP contribution in [0, 0.1) is 0 Å². The second-order valence-electron chi connectivity index (χ2n) is 2.89. The van der Waals surface area contributed by atoms with E-state index in [0.29, 0.717) is 6.54 Å². The van der Waals surface area contributed by atoms with Gasteiger partial charge in [0.05, 0.1) is 0 Å². The van der Waals surface area contributed by atoms with E-state index in [9.17, 15) is 13.2 Å². The van der Waals surface area contributed by atoms with Gasteiger partial charge in [-0.3, -0.25) is 4.68 Å². The molecule has 0 aliphatic heterocycles. The lowest BCUT2D eigenvalue weighted by molar-refractivity contribution is -0.141. The summed E-state index contributed by atoms with van der Waals surface area (Å²) in [7, 11) is 0. The van der Waals surface area contributed by atoms with Gasteiger partial charge in [-0.25, -0.2) is 0 Å². The van der Waals surface area contributed by atoms with Crippen LogP contribution in [-0.4, -0.2) is 15.5 Å². The van der Waals surface area contributed by atoms with Crippen molar-refractivity contribution in [3.05, 3.63) is 18.0 Å². The van der Waals surface area contributed by atoms with Crippen molar-refractivity contribution in [2.24, 2.45) is 0 Å². The average Bonchev–Trinajstić information content (AvgIpc) is 2.52. The van der Waals surface area contributed by atoms with Crippen molar-refractivity contribution >= 4 is 12.6 Å². The molecule has 6 heteroatoms. The maximum atomic E-state index is 12.1. The molecule has 0 amide bonds. The highest BCUT2D eigenvalue weighted by Crippen LogP contribution is 2.27. The molecular formula is C8H11F3N2S. The molecule has 0 fully saturated rings. The topological polar surface area (TPSA) is 17.8 Å². The van der Waals surface area contributed by atoms with Crippen molar-refractivity contribution in [2.45, 2.75) is 25.6 Å². The molecule has 0 saturated carbocycles. The Morgan fingerprint density at radius 2 is 2.07 bits per heavy atom. The van der Waals surface area contributed by atoms with E-state index in [1.54, 1.807) is 0 Å². The molecule has 0 saturated heterocycles. The molecule has 0 N–H and O–H groups in total. The summed E-state index contributed by atoms with van der Waals surface area (Å²) in [5, 5.41) is 3.42. The van der Waals surface area contributed by atoms with Gasteiger partial charge in [-0.05, 0) is 24.7 Å². The van der Waals surface area contributed by atoms with Crippen molar-refractivity contribution in [2.75, 3.05) is 5.75 Å². The number of rotatable bonds is 4. The molecule has 0 aliphatic rings. The van der Waals surface area contributed by atoms with Gasteiger partial charge in [-0.1, -0.05) is 0 Å². The molecule has 1 heterocycles. The number of aromatic nitrogens is 2. The van der Waals surface area contributed by atoms with E-state index in [4.69, 9.17) is 0 Å². The van der Waals surface area contributed by atoms with Gasteiger partial charge in [0.15, 0.2) is 5.69 Å². The molecule has 1 aromatic heterocycles. The fourth-order valence-electron chi connectivity index (χ4n) is 1.02. The van der Waals surface area contributed by atoms with E-state index < -0.39 is 11.9 Å². The summed E-state index contributed by atoms with van der Waals surface area (Å²) < 4.78 is 37.6. The van der Waals surface area contributed by atoms with E-state index in [2.05, 4.69) is 17.7 Å². The van der Waals surface area contributed by atoms with Gasteiger partial charge in [0.25, 0.3) is 0 Å². The maximum Gasteiger partial charge on any atom is 0.435 e. The fraction of sp³-hybridized carbons (Fsp3) is 0.625. The van der Waals surface area contributed by atoms with Crippen LogP contribution in [0.4, 0.5) is 13.2 Å². The van der Waals surface area contributed by atoms with Gasteiger partial charge in [0, 0.05) is 12.7 Å². The van der Waals surface area contributed by atoms with Crippen LogP contribution < -0.4 is 0 Å². The van der Waals surface area contributed by atoms with E-state index in [1.165, 1.54) is 10.9 Å². The van der Waals surface area contributed by atoms with Crippen LogP contribution in [0.25, 0.3) is 0 Å². The third-order valence-electron chi connectivity index (χ3n) is 1.73. The monoisotopic (exact) mass is 224 g/mol. The maximum absolute atomic E-state index is 12.1. The number of halogens is 3. The van der Waals surface area contributed by atoms with E-state index in [0.717, 1.165) is 24.7 Å². The van der Waals surface area contributed by atoms with Crippen LogP contribution >= 0.6 is 12.6 Å². The van der Waals surface area contributed by atoms with E-state index in [-0.39, 0.29) is 0 Å². The van der Waals surface area contributed by atoms with Gasteiger partial charge in [-0.15, -0.1) is 0 Å². The largest absolute Gasteiger partial charge is 0.435 e. The molecule has 0 unspecified atom stereocenters. The second-order valence-corrected chi connectivity index (χ2v) is 3.34. The summed E-state index contributed by atoms with van der Waals surface area (Å²) in [4.78, 5) is 0. The predicted octanol–water partition coefficient (Wildman–Crippen LogP) is 2.61. The van der Waals surface area contributed by atoms with Crippen LogP contribution in [0.2, 0.25) is 0 Å². The Kier molecular flexibility index (Phi) is 3.86. The van der Waals surface area contributed by atoms with Crippen LogP contribution in [0.15, 0.2) is 12.3 Å². The SMILES string of the molecule is FC(F)(F)c1ccn(CCCCS)n1. The Hall–Kier alpha value is -0.650. The molecule has 0 spiro atoms. The number of aryl methyl sites for hydroxylation is 1. The number of hydrogen-bond donors (Lipinski definition) is 1. The highest BCUT2D eigenvalue weighted by Gasteiger charge is 2.33. The summed E-state index contributed by atoms with van der Waals surface area (Å²) >= 11 is 4.01. The lowest BCUT2D eigenvalue weighted by Gasteiger charge is -2.02. The molecule has 0 bridgehead atoms. The molecular weight excluding hydrogens is 213 g/mol. The van der Waals surface area contributed by atoms with E-state index in [1.807, 2.05) is 0 Å². The first-order chi connectivity index (χ1) is 6.54. The van der Waals surface area contributed by atoms with Gasteiger partial charge < -0.3 is 0 Å². The summed E-state index contributed by atoms with van der Waals surface area (Å²) in [5.74, 6) is 0.743. The summed E-state index contributed by atoms with van der Waals surface area (Å²) in [6, 6.07) is 0.987. The van der Waals surface area contributed by atoms with Crippen LogP contribution in [-0.2, 0) is 12.7 Å². The Bertz CT molecular complexity index is 282. The minimum atomic E-state index is -4.34. The molecule has 0 aliphatic carbocycles. The first-order valence-electron chi connectivity index (χ1n) is 4.25. The summed E-state index contributed by atoms with van der Waals surface area (Å²) in [6.45, 7) is 0.511. The van der Waals surface area contributed by atoms with Crippen LogP contribution in [0.5, 0.6) is 0 Å². The third-order valence-corrected chi connectivity index (χ3v) is 2.04. The number of hydrogen-bond acceptors (Lipinski definition) is 2. The first-order valence-corrected chi connectivity index (χ1v) is 4.89. The van der Waals surface area contributed by atoms with Crippen LogP contribution in [0.1, 0.15) is 18.5 Å². The van der Waals surface area contributed by atoms with Crippen molar-refractivity contribution in [3.8, 4) is 0 Å². The standard InChI is InChI=1S/C8H11F3N2S/c9-8(10,11)7-3-5-13(12-7)4-1-2-6-14/h3,5,14H,1-2,4,6H2. The van der Waals surface area contributed by atoms with Crippen molar-refractivity contribution in [3.63, 3.8) is 0 Å². The molecule has 2 nitrogen and oxygen atoms in total. The average molecular weight is 224 g/mol. The summed E-state index contributed by atoms with van der Waals surface area (Å²) in [5.41, 5.74) is -0.830. The molecule has 0 radical (unpaired) electrons. The lowest BCUT2D eigenvalue weighted by Crippen LogP contribution is -2.08. The number of nitrogens with zero attached hydrogens (tertiary/aromatic N) is 2. The predicted molar refractivity (Wildman–Crippen MR) is 50.3 cm³/mol. The van der Waals surface area contributed by atoms with E-state index >= 15 is 0 Å².